The SMILES string of the molecule is COc1ccc(C(CN)C(O)c2ccccc2)cc1. The molecule has 0 saturated carbocycles. The summed E-state index contributed by atoms with van der Waals surface area (Å²) < 4.78 is 5.13. The molecule has 0 aliphatic heterocycles. The quantitative estimate of drug-likeness (QED) is 0.865. The molecule has 100 valence electrons. The lowest BCUT2D eigenvalue weighted by atomic mass is 9.89. The van der Waals surface area contributed by atoms with Crippen molar-refractivity contribution in [3.8, 4) is 5.75 Å². The Hall–Kier alpha value is -1.84. The molecule has 2 rings (SSSR count). The summed E-state index contributed by atoms with van der Waals surface area (Å²) in [4.78, 5) is 0. The van der Waals surface area contributed by atoms with Gasteiger partial charge in [-0.2, -0.15) is 0 Å². The molecule has 3 N–H and O–H groups in total. The third-order valence-electron chi connectivity index (χ3n) is 3.32. The monoisotopic (exact) mass is 257 g/mol. The van der Waals surface area contributed by atoms with Crippen LogP contribution in [0.1, 0.15) is 23.1 Å². The molecule has 0 aliphatic rings. The first-order valence-corrected chi connectivity index (χ1v) is 6.33. The summed E-state index contributed by atoms with van der Waals surface area (Å²) in [6.07, 6.45) is -0.598. The highest BCUT2D eigenvalue weighted by atomic mass is 16.5. The molecule has 19 heavy (non-hydrogen) atoms. The molecule has 0 heterocycles. The van der Waals surface area contributed by atoms with E-state index in [1.807, 2.05) is 54.6 Å². The molecule has 0 spiro atoms. The molecule has 2 unspecified atom stereocenters. The van der Waals surface area contributed by atoms with E-state index in [2.05, 4.69) is 0 Å². The second kappa shape index (κ2) is 6.36. The fraction of sp³-hybridized carbons (Fsp3) is 0.250. The van der Waals surface area contributed by atoms with Crippen LogP contribution in [0, 0.1) is 0 Å². The van der Waals surface area contributed by atoms with Crippen LogP contribution >= 0.6 is 0 Å². The lowest BCUT2D eigenvalue weighted by Crippen LogP contribution is -2.20. The zero-order chi connectivity index (χ0) is 13.7. The normalized spacial score (nSPS) is 13.8. The molecule has 0 bridgehead atoms. The second-order valence-electron chi connectivity index (χ2n) is 4.47. The van der Waals surface area contributed by atoms with Crippen molar-refractivity contribution >= 4 is 0 Å². The zero-order valence-electron chi connectivity index (χ0n) is 11.0. The van der Waals surface area contributed by atoms with Crippen LogP contribution < -0.4 is 10.5 Å². The van der Waals surface area contributed by atoms with Crippen LogP contribution in [0.3, 0.4) is 0 Å². The van der Waals surface area contributed by atoms with Gasteiger partial charge in [0, 0.05) is 12.5 Å². The maximum atomic E-state index is 10.4. The van der Waals surface area contributed by atoms with Crippen molar-refractivity contribution in [3.05, 3.63) is 65.7 Å². The Balaban J connectivity index is 2.23. The minimum atomic E-state index is -0.598. The van der Waals surface area contributed by atoms with Crippen LogP contribution in [0.25, 0.3) is 0 Å². The summed E-state index contributed by atoms with van der Waals surface area (Å²) >= 11 is 0. The Morgan fingerprint density at radius 2 is 1.63 bits per heavy atom. The lowest BCUT2D eigenvalue weighted by Gasteiger charge is -2.22. The van der Waals surface area contributed by atoms with Gasteiger partial charge in [-0.05, 0) is 23.3 Å². The van der Waals surface area contributed by atoms with Gasteiger partial charge in [0.2, 0.25) is 0 Å². The fourth-order valence-corrected chi connectivity index (χ4v) is 2.18. The Morgan fingerprint density at radius 3 is 2.16 bits per heavy atom. The van der Waals surface area contributed by atoms with E-state index in [-0.39, 0.29) is 5.92 Å². The van der Waals surface area contributed by atoms with Crippen molar-refractivity contribution in [1.82, 2.24) is 0 Å². The number of rotatable bonds is 5. The van der Waals surface area contributed by atoms with E-state index >= 15 is 0 Å². The van der Waals surface area contributed by atoms with Crippen molar-refractivity contribution in [1.29, 1.82) is 0 Å². The summed E-state index contributed by atoms with van der Waals surface area (Å²) in [5.74, 6) is 0.682. The Labute approximate surface area is 113 Å². The fourth-order valence-electron chi connectivity index (χ4n) is 2.18. The van der Waals surface area contributed by atoms with Gasteiger partial charge < -0.3 is 15.6 Å². The minimum Gasteiger partial charge on any atom is -0.497 e. The van der Waals surface area contributed by atoms with Crippen molar-refractivity contribution in [2.24, 2.45) is 5.73 Å². The molecule has 0 aliphatic carbocycles. The highest BCUT2D eigenvalue weighted by Crippen LogP contribution is 2.30. The third kappa shape index (κ3) is 3.13. The number of hydrogen-bond acceptors (Lipinski definition) is 3. The van der Waals surface area contributed by atoms with E-state index in [4.69, 9.17) is 10.5 Å². The molecule has 2 aromatic rings. The first kappa shape index (κ1) is 13.6. The Morgan fingerprint density at radius 1 is 1.00 bits per heavy atom. The molecule has 0 amide bonds. The zero-order valence-corrected chi connectivity index (χ0v) is 11.0. The summed E-state index contributed by atoms with van der Waals surface area (Å²) in [5.41, 5.74) is 7.72. The van der Waals surface area contributed by atoms with E-state index in [0.29, 0.717) is 6.54 Å². The molecule has 0 aromatic heterocycles. The van der Waals surface area contributed by atoms with E-state index < -0.39 is 6.10 Å². The van der Waals surface area contributed by atoms with Gasteiger partial charge in [-0.25, -0.2) is 0 Å². The molecule has 0 radical (unpaired) electrons. The molecule has 3 nitrogen and oxygen atoms in total. The Bertz CT molecular complexity index is 496. The molecule has 2 atom stereocenters. The number of benzene rings is 2. The van der Waals surface area contributed by atoms with E-state index in [1.54, 1.807) is 7.11 Å². The maximum absolute atomic E-state index is 10.4. The lowest BCUT2D eigenvalue weighted by molar-refractivity contribution is 0.147. The second-order valence-corrected chi connectivity index (χ2v) is 4.47. The van der Waals surface area contributed by atoms with Crippen molar-refractivity contribution in [2.75, 3.05) is 13.7 Å². The van der Waals surface area contributed by atoms with E-state index in [1.165, 1.54) is 0 Å². The van der Waals surface area contributed by atoms with Gasteiger partial charge in [0.15, 0.2) is 0 Å². The predicted molar refractivity (Wildman–Crippen MR) is 76.2 cm³/mol. The number of ether oxygens (including phenoxy) is 1. The van der Waals surface area contributed by atoms with Gasteiger partial charge in [-0.3, -0.25) is 0 Å². The number of hydrogen-bond donors (Lipinski definition) is 2. The van der Waals surface area contributed by atoms with Gasteiger partial charge >= 0.3 is 0 Å². The summed E-state index contributed by atoms with van der Waals surface area (Å²) in [5, 5.41) is 10.4. The van der Waals surface area contributed by atoms with Crippen LogP contribution in [-0.2, 0) is 0 Å². The Kier molecular flexibility index (Phi) is 4.55. The largest absolute Gasteiger partial charge is 0.497 e. The van der Waals surface area contributed by atoms with Crippen LogP contribution in [0.4, 0.5) is 0 Å². The van der Waals surface area contributed by atoms with Crippen LogP contribution in [-0.4, -0.2) is 18.8 Å². The maximum Gasteiger partial charge on any atom is 0.118 e. The summed E-state index contributed by atoms with van der Waals surface area (Å²) in [7, 11) is 1.63. The van der Waals surface area contributed by atoms with Gasteiger partial charge in [-0.1, -0.05) is 42.5 Å². The third-order valence-corrected chi connectivity index (χ3v) is 3.32. The van der Waals surface area contributed by atoms with Gasteiger partial charge in [0.25, 0.3) is 0 Å². The van der Waals surface area contributed by atoms with Crippen LogP contribution in [0.15, 0.2) is 54.6 Å². The van der Waals surface area contributed by atoms with Crippen molar-refractivity contribution < 1.29 is 9.84 Å². The minimum absolute atomic E-state index is 0.117. The number of nitrogens with two attached hydrogens (primary N) is 1. The molecule has 0 saturated heterocycles. The first-order chi connectivity index (χ1) is 9.26. The predicted octanol–water partition coefficient (Wildman–Crippen LogP) is 2.47. The number of methoxy groups -OCH3 is 1. The van der Waals surface area contributed by atoms with Crippen LogP contribution in [0.5, 0.6) is 5.75 Å². The first-order valence-electron chi connectivity index (χ1n) is 6.33. The average molecular weight is 257 g/mol. The molecular weight excluding hydrogens is 238 g/mol. The van der Waals surface area contributed by atoms with E-state index in [0.717, 1.165) is 16.9 Å². The molecule has 2 aromatic carbocycles. The number of aliphatic hydroxyl groups is 1. The highest BCUT2D eigenvalue weighted by Gasteiger charge is 2.21. The standard InChI is InChI=1S/C16H19NO2/c1-19-14-9-7-12(8-10-14)15(11-17)16(18)13-5-3-2-4-6-13/h2-10,15-16,18H,11,17H2,1H3. The van der Waals surface area contributed by atoms with Gasteiger partial charge in [-0.15, -0.1) is 0 Å². The van der Waals surface area contributed by atoms with E-state index in [9.17, 15) is 5.11 Å². The topological polar surface area (TPSA) is 55.5 Å². The highest BCUT2D eigenvalue weighted by molar-refractivity contribution is 5.32. The summed E-state index contributed by atoms with van der Waals surface area (Å²) in [6.45, 7) is 0.391. The summed E-state index contributed by atoms with van der Waals surface area (Å²) in [6, 6.07) is 17.3. The molecule has 3 heteroatoms. The van der Waals surface area contributed by atoms with Crippen molar-refractivity contribution in [3.63, 3.8) is 0 Å². The molecule has 0 fully saturated rings. The average Bonchev–Trinajstić information content (AvgIpc) is 2.49. The van der Waals surface area contributed by atoms with Crippen LogP contribution in [0.2, 0.25) is 0 Å². The molecular formula is C16H19NO2. The van der Waals surface area contributed by atoms with Crippen molar-refractivity contribution in [2.45, 2.75) is 12.0 Å². The van der Waals surface area contributed by atoms with Gasteiger partial charge in [0.05, 0.1) is 13.2 Å². The number of aliphatic hydroxyl groups excluding tert-OH is 1. The smallest absolute Gasteiger partial charge is 0.118 e. The van der Waals surface area contributed by atoms with Gasteiger partial charge in [0.1, 0.15) is 5.75 Å².